The first-order valence-electron chi connectivity index (χ1n) is 15.2. The maximum Gasteiger partial charge on any atom is 0.306 e. The van der Waals surface area contributed by atoms with Crippen LogP contribution in [-0.4, -0.2) is 31.0 Å². The van der Waals surface area contributed by atoms with E-state index in [2.05, 4.69) is 44.2 Å². The summed E-state index contributed by atoms with van der Waals surface area (Å²) in [6, 6.07) is 31.9. The van der Waals surface area contributed by atoms with E-state index in [1.165, 1.54) is 0 Å². The van der Waals surface area contributed by atoms with Crippen LogP contribution in [0.25, 0.3) is 22.1 Å². The highest BCUT2D eigenvalue weighted by molar-refractivity contribution is 5.74. The average molecular weight is 597 g/mol. The number of aromatic nitrogens is 4. The molecule has 224 valence electrons. The van der Waals surface area contributed by atoms with Crippen LogP contribution < -0.4 is 9.47 Å². The minimum atomic E-state index is -0.718. The second-order valence-electron chi connectivity index (χ2n) is 11.5. The summed E-state index contributed by atoms with van der Waals surface area (Å²) in [5, 5.41) is 9.69. The quantitative estimate of drug-likeness (QED) is 0.185. The third-order valence-corrected chi connectivity index (χ3v) is 8.77. The van der Waals surface area contributed by atoms with Gasteiger partial charge in [-0.15, -0.1) is 0 Å². The fraction of sp³-hybridized carbons (Fsp3) is 0.216. The van der Waals surface area contributed by atoms with Gasteiger partial charge in [0.05, 0.1) is 51.8 Å². The van der Waals surface area contributed by atoms with Crippen molar-refractivity contribution in [1.82, 2.24) is 19.9 Å². The van der Waals surface area contributed by atoms with Gasteiger partial charge in [-0.3, -0.25) is 14.8 Å². The summed E-state index contributed by atoms with van der Waals surface area (Å²) in [7, 11) is 0. The van der Waals surface area contributed by atoms with Gasteiger partial charge in [-0.25, -0.2) is 9.97 Å². The summed E-state index contributed by atoms with van der Waals surface area (Å²) < 4.78 is 12.1. The zero-order chi connectivity index (χ0) is 30.6. The van der Waals surface area contributed by atoms with Gasteiger partial charge in [0.15, 0.2) is 0 Å². The van der Waals surface area contributed by atoms with Crippen LogP contribution in [0.4, 0.5) is 0 Å². The van der Waals surface area contributed by atoms with Crippen molar-refractivity contribution in [2.75, 3.05) is 0 Å². The SMILES string of the molecule is O=C(O)C1CCC(c2ccc(OCc3cnc4ccccc4n3)cc2)(c2ccc(OCc3cnc4ccccc4n3)cc2)CC1. The second-order valence-corrected chi connectivity index (χ2v) is 11.5. The van der Waals surface area contributed by atoms with Crippen LogP contribution in [0.5, 0.6) is 11.5 Å². The third-order valence-electron chi connectivity index (χ3n) is 8.77. The Morgan fingerprint density at radius 2 is 1.07 bits per heavy atom. The number of fused-ring (bicyclic) bond motifs is 2. The lowest BCUT2D eigenvalue weighted by molar-refractivity contribution is -0.143. The molecule has 45 heavy (non-hydrogen) atoms. The molecule has 0 bridgehead atoms. The standard InChI is InChI=1S/C37H32N4O4/c42-36(43)25-17-19-37(20-18-25,26-9-13-30(14-10-26)44-23-28-21-38-32-5-1-3-7-34(32)40-28)27-11-15-31(16-12-27)45-24-29-22-39-33-6-2-4-8-35(33)41-29/h1-16,21-22,25H,17-20,23-24H2,(H,42,43). The van der Waals surface area contributed by atoms with Crippen molar-refractivity contribution in [2.24, 2.45) is 5.92 Å². The van der Waals surface area contributed by atoms with Gasteiger partial charge >= 0.3 is 5.97 Å². The molecule has 0 saturated heterocycles. The molecule has 1 aliphatic rings. The van der Waals surface area contributed by atoms with Crippen LogP contribution in [0.1, 0.15) is 48.2 Å². The van der Waals surface area contributed by atoms with Gasteiger partial charge in [0.25, 0.3) is 0 Å². The highest BCUT2D eigenvalue weighted by atomic mass is 16.5. The van der Waals surface area contributed by atoms with E-state index in [9.17, 15) is 9.90 Å². The Hall–Kier alpha value is -5.37. The van der Waals surface area contributed by atoms with Crippen molar-refractivity contribution < 1.29 is 19.4 Å². The van der Waals surface area contributed by atoms with Crippen molar-refractivity contribution >= 4 is 28.0 Å². The summed E-state index contributed by atoms with van der Waals surface area (Å²) >= 11 is 0. The Kier molecular flexibility index (Phi) is 7.78. The van der Waals surface area contributed by atoms with Gasteiger partial charge in [0, 0.05) is 5.41 Å². The Morgan fingerprint density at radius 1 is 0.644 bits per heavy atom. The topological polar surface area (TPSA) is 107 Å². The fourth-order valence-electron chi connectivity index (χ4n) is 6.29. The smallest absolute Gasteiger partial charge is 0.306 e. The lowest BCUT2D eigenvalue weighted by Crippen LogP contribution is -2.35. The molecule has 8 heteroatoms. The third kappa shape index (κ3) is 6.04. The summed E-state index contributed by atoms with van der Waals surface area (Å²) in [4.78, 5) is 30.0. The van der Waals surface area contributed by atoms with Gasteiger partial charge < -0.3 is 14.6 Å². The number of hydrogen-bond acceptors (Lipinski definition) is 7. The summed E-state index contributed by atoms with van der Waals surface area (Å²) in [5.41, 5.74) is 6.88. The van der Waals surface area contributed by atoms with E-state index in [0.29, 0.717) is 26.1 Å². The highest BCUT2D eigenvalue weighted by Crippen LogP contribution is 2.47. The lowest BCUT2D eigenvalue weighted by atomic mass is 9.63. The van der Waals surface area contributed by atoms with E-state index in [-0.39, 0.29) is 11.3 Å². The van der Waals surface area contributed by atoms with Crippen LogP contribution in [0.3, 0.4) is 0 Å². The van der Waals surface area contributed by atoms with E-state index >= 15 is 0 Å². The largest absolute Gasteiger partial charge is 0.487 e. The minimum absolute atomic E-state index is 0.309. The molecular formula is C37H32N4O4. The molecule has 1 N–H and O–H groups in total. The number of aliphatic carboxylic acids is 1. The van der Waals surface area contributed by atoms with Crippen molar-refractivity contribution in [3.05, 3.63) is 132 Å². The first kappa shape index (κ1) is 28.4. The van der Waals surface area contributed by atoms with E-state index in [1.807, 2.05) is 72.8 Å². The van der Waals surface area contributed by atoms with Gasteiger partial charge in [0.2, 0.25) is 0 Å². The zero-order valence-electron chi connectivity index (χ0n) is 24.7. The first-order valence-corrected chi connectivity index (χ1v) is 15.2. The molecular weight excluding hydrogens is 564 g/mol. The number of para-hydroxylation sites is 4. The number of nitrogens with zero attached hydrogens (tertiary/aromatic N) is 4. The Morgan fingerprint density at radius 3 is 1.49 bits per heavy atom. The number of benzene rings is 4. The average Bonchev–Trinajstić information content (AvgIpc) is 3.10. The molecule has 0 unspecified atom stereocenters. The molecule has 0 radical (unpaired) electrons. The number of carbonyl (C=O) groups is 1. The molecule has 1 aliphatic carbocycles. The molecule has 4 aromatic carbocycles. The molecule has 7 rings (SSSR count). The number of carboxylic acids is 1. The van der Waals surface area contributed by atoms with Crippen LogP contribution in [-0.2, 0) is 23.4 Å². The Labute approximate surface area is 260 Å². The van der Waals surface area contributed by atoms with Crippen molar-refractivity contribution in [3.63, 3.8) is 0 Å². The maximum absolute atomic E-state index is 11.8. The summed E-state index contributed by atoms with van der Waals surface area (Å²) in [6.45, 7) is 0.629. The fourth-order valence-corrected chi connectivity index (χ4v) is 6.29. The number of rotatable bonds is 9. The molecule has 2 aromatic heterocycles. The summed E-state index contributed by atoms with van der Waals surface area (Å²) in [5.74, 6) is 0.436. The zero-order valence-corrected chi connectivity index (χ0v) is 24.7. The molecule has 0 amide bonds. The number of hydrogen-bond donors (Lipinski definition) is 1. The van der Waals surface area contributed by atoms with Crippen molar-refractivity contribution in [3.8, 4) is 11.5 Å². The van der Waals surface area contributed by atoms with Crippen molar-refractivity contribution in [2.45, 2.75) is 44.3 Å². The minimum Gasteiger partial charge on any atom is -0.487 e. The van der Waals surface area contributed by atoms with Crippen LogP contribution in [0.15, 0.2) is 109 Å². The molecule has 1 saturated carbocycles. The van der Waals surface area contributed by atoms with Gasteiger partial charge in [-0.1, -0.05) is 48.5 Å². The second kappa shape index (κ2) is 12.3. The Balaban J connectivity index is 1.07. The van der Waals surface area contributed by atoms with Crippen LogP contribution in [0, 0.1) is 5.92 Å². The van der Waals surface area contributed by atoms with E-state index in [1.54, 1.807) is 12.4 Å². The van der Waals surface area contributed by atoms with E-state index in [0.717, 1.165) is 68.9 Å². The first-order chi connectivity index (χ1) is 22.1. The molecule has 8 nitrogen and oxygen atoms in total. The Bertz CT molecular complexity index is 1820. The monoisotopic (exact) mass is 596 g/mol. The molecule has 1 fully saturated rings. The van der Waals surface area contributed by atoms with E-state index in [4.69, 9.17) is 9.47 Å². The van der Waals surface area contributed by atoms with Crippen LogP contribution in [0.2, 0.25) is 0 Å². The van der Waals surface area contributed by atoms with Crippen LogP contribution >= 0.6 is 0 Å². The molecule has 6 aromatic rings. The summed E-state index contributed by atoms with van der Waals surface area (Å²) in [6.07, 6.45) is 6.21. The van der Waals surface area contributed by atoms with Gasteiger partial charge in [0.1, 0.15) is 24.7 Å². The van der Waals surface area contributed by atoms with E-state index < -0.39 is 5.97 Å². The van der Waals surface area contributed by atoms with Gasteiger partial charge in [-0.05, 0) is 85.3 Å². The maximum atomic E-state index is 11.8. The lowest BCUT2D eigenvalue weighted by Gasteiger charge is -2.40. The molecule has 2 heterocycles. The highest BCUT2D eigenvalue weighted by Gasteiger charge is 2.40. The molecule has 0 aliphatic heterocycles. The molecule has 0 spiro atoms. The number of carboxylic acid groups (broad SMARTS) is 1. The normalized spacial score (nSPS) is 14.8. The van der Waals surface area contributed by atoms with Crippen molar-refractivity contribution in [1.29, 1.82) is 0 Å². The molecule has 0 atom stereocenters. The predicted molar refractivity (Wildman–Crippen MR) is 171 cm³/mol. The van der Waals surface area contributed by atoms with Gasteiger partial charge in [-0.2, -0.15) is 0 Å². The number of ether oxygens (including phenoxy) is 2. The predicted octanol–water partition coefficient (Wildman–Crippen LogP) is 7.29.